The minimum atomic E-state index is -1.01. The summed E-state index contributed by atoms with van der Waals surface area (Å²) in [6.45, 7) is 5.98. The Bertz CT molecular complexity index is 947. The van der Waals surface area contributed by atoms with Crippen LogP contribution in [-0.4, -0.2) is 36.2 Å². The summed E-state index contributed by atoms with van der Waals surface area (Å²) in [7, 11) is 0. The van der Waals surface area contributed by atoms with E-state index in [0.29, 0.717) is 17.7 Å². The molecule has 5 nitrogen and oxygen atoms in total. The average molecular weight is 450 g/mol. The molecule has 0 aromatic heterocycles. The van der Waals surface area contributed by atoms with Crippen LogP contribution in [0.2, 0.25) is 0 Å². The molecule has 0 spiro atoms. The fourth-order valence-electron chi connectivity index (χ4n) is 4.14. The van der Waals surface area contributed by atoms with E-state index in [4.69, 9.17) is 0 Å². The van der Waals surface area contributed by atoms with Gasteiger partial charge in [0.05, 0.1) is 12.1 Å². The van der Waals surface area contributed by atoms with Crippen LogP contribution in [-0.2, 0) is 11.2 Å². The Labute approximate surface area is 186 Å². The maximum atomic E-state index is 14.4. The topological polar surface area (TPSA) is 73.4 Å². The molecule has 1 aliphatic heterocycles. The highest BCUT2D eigenvalue weighted by atomic mass is 19.1. The van der Waals surface area contributed by atoms with Crippen molar-refractivity contribution in [3.63, 3.8) is 0 Å². The van der Waals surface area contributed by atoms with Gasteiger partial charge in [-0.3, -0.25) is 4.79 Å². The molecule has 0 bridgehead atoms. The average Bonchev–Trinajstić information content (AvgIpc) is 2.69. The Hall–Kier alpha value is -2.58. The summed E-state index contributed by atoms with van der Waals surface area (Å²) in [5, 5.41) is 20.0. The van der Waals surface area contributed by atoms with Crippen LogP contribution in [0.1, 0.15) is 55.8 Å². The minimum absolute atomic E-state index is 0.0317. The van der Waals surface area contributed by atoms with Crippen LogP contribution in [0.15, 0.2) is 30.3 Å². The highest BCUT2D eigenvalue weighted by molar-refractivity contribution is 5.73. The first-order valence-corrected chi connectivity index (χ1v) is 10.8. The van der Waals surface area contributed by atoms with Gasteiger partial charge in [0.2, 0.25) is 5.91 Å². The molecule has 1 heterocycles. The Morgan fingerprint density at radius 3 is 2.47 bits per heavy atom. The monoisotopic (exact) mass is 449 g/mol. The molecule has 1 amide bonds. The molecule has 2 aromatic rings. The van der Waals surface area contributed by atoms with E-state index in [2.05, 4.69) is 16.0 Å². The first-order valence-electron chi connectivity index (χ1n) is 10.8. The number of amides is 1. The third-order valence-corrected chi connectivity index (χ3v) is 5.72. The van der Waals surface area contributed by atoms with Gasteiger partial charge >= 0.3 is 0 Å². The molecule has 0 unspecified atom stereocenters. The van der Waals surface area contributed by atoms with E-state index in [0.717, 1.165) is 23.7 Å². The summed E-state index contributed by atoms with van der Waals surface area (Å²) < 4.78 is 41.5. The van der Waals surface area contributed by atoms with Crippen molar-refractivity contribution in [2.75, 3.05) is 18.4 Å². The Balaban J connectivity index is 1.73. The third kappa shape index (κ3) is 6.01. The molecule has 0 fully saturated rings. The van der Waals surface area contributed by atoms with Crippen LogP contribution in [0.5, 0.6) is 0 Å². The minimum Gasteiger partial charge on any atom is -0.390 e. The molecule has 1 aliphatic rings. The van der Waals surface area contributed by atoms with E-state index in [1.807, 2.05) is 19.9 Å². The zero-order valence-corrected chi connectivity index (χ0v) is 18.5. The van der Waals surface area contributed by atoms with Gasteiger partial charge < -0.3 is 21.1 Å². The maximum absolute atomic E-state index is 14.4. The largest absolute Gasteiger partial charge is 0.390 e. The normalized spacial score (nSPS) is 17.4. The quantitative estimate of drug-likeness (QED) is 0.495. The lowest BCUT2D eigenvalue weighted by atomic mass is 9.91. The van der Waals surface area contributed by atoms with Crippen molar-refractivity contribution in [1.29, 1.82) is 0 Å². The molecule has 3 atom stereocenters. The lowest BCUT2D eigenvalue weighted by Gasteiger charge is -2.31. The number of halogens is 3. The van der Waals surface area contributed by atoms with Gasteiger partial charge in [-0.25, -0.2) is 13.2 Å². The second-order valence-corrected chi connectivity index (χ2v) is 8.65. The van der Waals surface area contributed by atoms with Crippen molar-refractivity contribution in [3.8, 4) is 0 Å². The summed E-state index contributed by atoms with van der Waals surface area (Å²) >= 11 is 0. The molecule has 0 radical (unpaired) electrons. The number of anilines is 1. The fraction of sp³-hybridized carbons (Fsp3) is 0.458. The van der Waals surface area contributed by atoms with Gasteiger partial charge in [-0.15, -0.1) is 0 Å². The van der Waals surface area contributed by atoms with E-state index in [9.17, 15) is 23.1 Å². The van der Waals surface area contributed by atoms with E-state index >= 15 is 0 Å². The molecule has 0 saturated heterocycles. The van der Waals surface area contributed by atoms with Gasteiger partial charge in [0.25, 0.3) is 0 Å². The summed E-state index contributed by atoms with van der Waals surface area (Å²) in [5.41, 5.74) is 2.62. The van der Waals surface area contributed by atoms with Gasteiger partial charge in [0.1, 0.15) is 17.5 Å². The summed E-state index contributed by atoms with van der Waals surface area (Å²) in [4.78, 5) is 11.7. The Morgan fingerprint density at radius 2 is 1.84 bits per heavy atom. The molecule has 4 N–H and O–H groups in total. The lowest BCUT2D eigenvalue weighted by molar-refractivity contribution is -0.120. The second kappa shape index (κ2) is 10.4. The number of nitrogens with one attached hydrogen (secondary N) is 3. The Morgan fingerprint density at radius 1 is 1.16 bits per heavy atom. The van der Waals surface area contributed by atoms with Crippen molar-refractivity contribution in [2.45, 2.75) is 57.7 Å². The van der Waals surface area contributed by atoms with Crippen molar-refractivity contribution in [1.82, 2.24) is 10.6 Å². The number of hydrogen-bond donors (Lipinski definition) is 4. The van der Waals surface area contributed by atoms with E-state index in [-0.39, 0.29) is 36.6 Å². The van der Waals surface area contributed by atoms with Crippen molar-refractivity contribution < 1.29 is 23.1 Å². The van der Waals surface area contributed by atoms with Gasteiger partial charge in [0, 0.05) is 37.8 Å². The standard InChI is InChI=1S/C24H30F3N3O2/c1-13(2)18-10-19-21(4-5-28-22(19)11-20(18)27)29-12-24(32)23(30-14(3)31)8-15-6-16(25)9-17(26)7-15/h6-7,9-11,13,21,23-24,28-29,32H,4-5,8,12H2,1-3H3,(H,30,31)/t21-,23-,24+/m0/s1. The maximum Gasteiger partial charge on any atom is 0.217 e. The molecule has 3 rings (SSSR count). The van der Waals surface area contributed by atoms with Gasteiger partial charge in [-0.05, 0) is 59.7 Å². The highest BCUT2D eigenvalue weighted by Crippen LogP contribution is 2.34. The van der Waals surface area contributed by atoms with Gasteiger partial charge in [0.15, 0.2) is 0 Å². The zero-order valence-electron chi connectivity index (χ0n) is 18.5. The van der Waals surface area contributed by atoms with Crippen molar-refractivity contribution in [3.05, 3.63) is 64.5 Å². The van der Waals surface area contributed by atoms with E-state index in [1.165, 1.54) is 25.1 Å². The predicted molar refractivity (Wildman–Crippen MR) is 118 cm³/mol. The number of carbonyl (C=O) groups is 1. The van der Waals surface area contributed by atoms with Crippen LogP contribution in [0.3, 0.4) is 0 Å². The van der Waals surface area contributed by atoms with E-state index in [1.54, 1.807) is 0 Å². The first kappa shape index (κ1) is 24.1. The molecular formula is C24H30F3N3O2. The lowest BCUT2D eigenvalue weighted by Crippen LogP contribution is -2.48. The van der Waals surface area contributed by atoms with Crippen LogP contribution in [0.25, 0.3) is 0 Å². The number of carbonyl (C=O) groups excluding carboxylic acids is 1. The van der Waals surface area contributed by atoms with Crippen LogP contribution in [0.4, 0.5) is 18.9 Å². The molecule has 0 saturated carbocycles. The number of benzene rings is 2. The summed E-state index contributed by atoms with van der Waals surface area (Å²) in [5.74, 6) is -2.00. The van der Waals surface area contributed by atoms with E-state index < -0.39 is 23.8 Å². The third-order valence-electron chi connectivity index (χ3n) is 5.72. The Kier molecular flexibility index (Phi) is 7.79. The zero-order chi connectivity index (χ0) is 23.4. The predicted octanol–water partition coefficient (Wildman–Crippen LogP) is 3.78. The SMILES string of the molecule is CC(=O)N[C@@H](Cc1cc(F)cc(F)c1)[C@H](O)CN[C@H]1CCNc2cc(F)c(C(C)C)cc21. The summed E-state index contributed by atoms with van der Waals surface area (Å²) in [6, 6.07) is 5.66. The van der Waals surface area contributed by atoms with Gasteiger partial charge in [-0.2, -0.15) is 0 Å². The van der Waals surface area contributed by atoms with Gasteiger partial charge in [-0.1, -0.05) is 13.8 Å². The molecule has 0 aliphatic carbocycles. The van der Waals surface area contributed by atoms with Crippen molar-refractivity contribution in [2.24, 2.45) is 0 Å². The highest BCUT2D eigenvalue weighted by Gasteiger charge is 2.26. The number of rotatable bonds is 8. The second-order valence-electron chi connectivity index (χ2n) is 8.65. The van der Waals surface area contributed by atoms with Crippen LogP contribution >= 0.6 is 0 Å². The number of fused-ring (bicyclic) bond motifs is 1. The smallest absolute Gasteiger partial charge is 0.217 e. The molecular weight excluding hydrogens is 419 g/mol. The van der Waals surface area contributed by atoms with Crippen LogP contribution in [0, 0.1) is 17.5 Å². The number of hydrogen-bond acceptors (Lipinski definition) is 4. The first-order chi connectivity index (χ1) is 15.1. The summed E-state index contributed by atoms with van der Waals surface area (Å²) in [6.07, 6.45) is -0.195. The van der Waals surface area contributed by atoms with Crippen molar-refractivity contribution >= 4 is 11.6 Å². The molecule has 174 valence electrons. The fourth-order valence-corrected chi connectivity index (χ4v) is 4.14. The molecule has 8 heteroatoms. The molecule has 32 heavy (non-hydrogen) atoms. The number of aliphatic hydroxyl groups is 1. The van der Waals surface area contributed by atoms with Crippen LogP contribution < -0.4 is 16.0 Å². The molecule has 2 aromatic carbocycles. The number of aliphatic hydroxyl groups excluding tert-OH is 1.